The number of hydrogen-bond donors (Lipinski definition) is 1. The average Bonchev–Trinajstić information content (AvgIpc) is 3.71. The first-order valence-electron chi connectivity index (χ1n) is 15.6. The zero-order valence-electron chi connectivity index (χ0n) is 26.5. The van der Waals surface area contributed by atoms with E-state index in [9.17, 15) is 9.90 Å². The van der Waals surface area contributed by atoms with Crippen LogP contribution in [0.4, 0.5) is 5.69 Å². The summed E-state index contributed by atoms with van der Waals surface area (Å²) in [4.78, 5) is 18.3. The molecule has 1 aliphatic heterocycles. The number of anilines is 1. The summed E-state index contributed by atoms with van der Waals surface area (Å²) in [6.45, 7) is 10.7. The van der Waals surface area contributed by atoms with E-state index in [1.165, 1.54) is 16.2 Å². The predicted octanol–water partition coefficient (Wildman–Crippen LogP) is 6.40. The van der Waals surface area contributed by atoms with Crippen LogP contribution in [-0.2, 0) is 13.1 Å². The maximum absolute atomic E-state index is 13.7. The molecule has 3 aromatic carbocycles. The van der Waals surface area contributed by atoms with Crippen molar-refractivity contribution in [2.24, 2.45) is 0 Å². The molecule has 1 N–H and O–H groups in total. The highest BCUT2D eigenvalue weighted by atomic mass is 32.2. The second kappa shape index (κ2) is 14.3. The van der Waals surface area contributed by atoms with E-state index in [-0.39, 0.29) is 12.2 Å². The van der Waals surface area contributed by atoms with Crippen molar-refractivity contribution in [2.45, 2.75) is 45.7 Å². The SMILES string of the molecule is CCOc1cc2c(cc1C)SC(=C/C=c1/sc(=Cc3sc(-c4ccccc4)c(-c4ccccc4)[n+]3CCO)n(CC)c1=O)N2CC. The number of hydrogen-bond acceptors (Lipinski definition) is 7. The highest BCUT2D eigenvalue weighted by Gasteiger charge is 2.28. The van der Waals surface area contributed by atoms with Gasteiger partial charge in [-0.1, -0.05) is 71.6 Å². The zero-order chi connectivity index (χ0) is 32.2. The maximum Gasteiger partial charge on any atom is 0.269 e. The molecule has 1 aliphatic rings. The molecule has 3 heterocycles. The van der Waals surface area contributed by atoms with Gasteiger partial charge < -0.3 is 14.7 Å². The van der Waals surface area contributed by atoms with Gasteiger partial charge in [-0.05, 0) is 69.2 Å². The largest absolute Gasteiger partial charge is 0.494 e. The summed E-state index contributed by atoms with van der Waals surface area (Å²) in [6, 6.07) is 25.0. The Bertz CT molecular complexity index is 2060. The molecule has 0 saturated heterocycles. The van der Waals surface area contributed by atoms with Crippen molar-refractivity contribution in [1.29, 1.82) is 0 Å². The molecule has 46 heavy (non-hydrogen) atoms. The normalized spacial score (nSPS) is 14.5. The third kappa shape index (κ3) is 6.25. The van der Waals surface area contributed by atoms with Crippen LogP contribution in [0.1, 0.15) is 31.3 Å². The van der Waals surface area contributed by atoms with Gasteiger partial charge in [-0.3, -0.25) is 9.36 Å². The number of thiazole rings is 2. The standard InChI is InChI=1S/C37H38N3O3S3/c1-5-38-28-23-29(43-7-3)25(4)22-31(28)45-32(38)19-18-30-37(42)39(6-2)33(44-30)24-34-40(20-21-41)35(26-14-10-8-11-15-26)36(46-34)27-16-12-9-13-17-27/h8-19,22-24,41H,5-7,20-21H2,1-4H3/q+1/b30-18+,32-19?. The molecule has 6 nitrogen and oxygen atoms in total. The lowest BCUT2D eigenvalue weighted by molar-refractivity contribution is -0.684. The molecule has 9 heteroatoms. The van der Waals surface area contributed by atoms with Crippen LogP contribution in [0, 0.1) is 6.92 Å². The topological polar surface area (TPSA) is 58.6 Å². The Morgan fingerprint density at radius 2 is 1.63 bits per heavy atom. The Labute approximate surface area is 281 Å². The van der Waals surface area contributed by atoms with E-state index in [4.69, 9.17) is 4.74 Å². The fourth-order valence-corrected chi connectivity index (χ4v) is 9.32. The van der Waals surface area contributed by atoms with Crippen LogP contribution in [0.5, 0.6) is 5.75 Å². The Hall–Kier alpha value is -3.89. The average molecular weight is 669 g/mol. The van der Waals surface area contributed by atoms with E-state index >= 15 is 0 Å². The van der Waals surface area contributed by atoms with Crippen LogP contribution < -0.4 is 29.0 Å². The van der Waals surface area contributed by atoms with Crippen molar-refractivity contribution in [1.82, 2.24) is 4.57 Å². The van der Waals surface area contributed by atoms with Crippen LogP contribution in [-0.4, -0.2) is 29.4 Å². The van der Waals surface area contributed by atoms with Crippen LogP contribution in [0.3, 0.4) is 0 Å². The molecule has 0 unspecified atom stereocenters. The Morgan fingerprint density at radius 1 is 0.913 bits per heavy atom. The van der Waals surface area contributed by atoms with E-state index in [2.05, 4.69) is 71.9 Å². The van der Waals surface area contributed by atoms with Gasteiger partial charge in [-0.25, -0.2) is 0 Å². The minimum absolute atomic E-state index is 0.00506. The molecule has 0 saturated carbocycles. The van der Waals surface area contributed by atoms with Crippen LogP contribution >= 0.6 is 34.4 Å². The van der Waals surface area contributed by atoms with Gasteiger partial charge in [0.25, 0.3) is 10.6 Å². The summed E-state index contributed by atoms with van der Waals surface area (Å²) in [5, 5.41) is 12.2. The summed E-state index contributed by atoms with van der Waals surface area (Å²) in [6.07, 6.45) is 6.14. The molecule has 0 amide bonds. The van der Waals surface area contributed by atoms with Crippen molar-refractivity contribution in [3.05, 3.63) is 114 Å². The first kappa shape index (κ1) is 32.1. The van der Waals surface area contributed by atoms with Gasteiger partial charge in [0.2, 0.25) is 5.69 Å². The molecule has 0 spiro atoms. The summed E-state index contributed by atoms with van der Waals surface area (Å²) < 4.78 is 11.5. The lowest BCUT2D eigenvalue weighted by Gasteiger charge is -2.18. The smallest absolute Gasteiger partial charge is 0.269 e. The summed E-state index contributed by atoms with van der Waals surface area (Å²) in [7, 11) is 0. The van der Waals surface area contributed by atoms with Gasteiger partial charge in [-0.2, -0.15) is 4.57 Å². The number of aliphatic hydroxyl groups excluding tert-OH is 1. The van der Waals surface area contributed by atoms with Gasteiger partial charge in [0.1, 0.15) is 21.9 Å². The second-order valence-electron chi connectivity index (χ2n) is 10.8. The van der Waals surface area contributed by atoms with Crippen molar-refractivity contribution < 1.29 is 14.4 Å². The highest BCUT2D eigenvalue weighted by molar-refractivity contribution is 8.03. The molecule has 0 atom stereocenters. The maximum atomic E-state index is 13.7. The van der Waals surface area contributed by atoms with E-state index < -0.39 is 0 Å². The first-order chi connectivity index (χ1) is 22.5. The summed E-state index contributed by atoms with van der Waals surface area (Å²) in [5.74, 6) is 0.910. The number of fused-ring (bicyclic) bond motifs is 1. The molecule has 0 fully saturated rings. The minimum atomic E-state index is 0.00506. The number of rotatable bonds is 10. The van der Waals surface area contributed by atoms with E-state index in [0.29, 0.717) is 24.2 Å². The number of allylic oxidation sites excluding steroid dienone is 1. The van der Waals surface area contributed by atoms with Crippen molar-refractivity contribution in [3.63, 3.8) is 0 Å². The van der Waals surface area contributed by atoms with Gasteiger partial charge in [-0.15, -0.1) is 11.3 Å². The third-order valence-electron chi connectivity index (χ3n) is 7.89. The van der Waals surface area contributed by atoms with Gasteiger partial charge in [0.05, 0.1) is 27.9 Å². The van der Waals surface area contributed by atoms with Crippen molar-refractivity contribution in [2.75, 3.05) is 24.7 Å². The van der Waals surface area contributed by atoms with Crippen LogP contribution in [0.15, 0.2) is 93.6 Å². The number of thioether (sulfide) groups is 1. The van der Waals surface area contributed by atoms with Crippen LogP contribution in [0.25, 0.3) is 33.9 Å². The van der Waals surface area contributed by atoms with Gasteiger partial charge in [0, 0.05) is 29.6 Å². The molecular weight excluding hydrogens is 631 g/mol. The molecular formula is C37H38N3O3S3+. The van der Waals surface area contributed by atoms with E-state index in [1.54, 1.807) is 23.1 Å². The van der Waals surface area contributed by atoms with Crippen molar-refractivity contribution >= 4 is 52.3 Å². The Balaban J connectivity index is 1.47. The summed E-state index contributed by atoms with van der Waals surface area (Å²) in [5.41, 5.74) is 5.54. The number of nitrogens with zero attached hydrogens (tertiary/aromatic N) is 3. The molecule has 5 aromatic rings. The van der Waals surface area contributed by atoms with Crippen molar-refractivity contribution in [3.8, 4) is 27.4 Å². The second-order valence-corrected chi connectivity index (χ2v) is 13.9. The highest BCUT2D eigenvalue weighted by Crippen LogP contribution is 2.48. The lowest BCUT2D eigenvalue weighted by Crippen LogP contribution is -2.39. The Morgan fingerprint density at radius 3 is 2.28 bits per heavy atom. The summed E-state index contributed by atoms with van der Waals surface area (Å²) >= 11 is 4.91. The molecule has 2 aromatic heterocycles. The lowest BCUT2D eigenvalue weighted by atomic mass is 10.1. The molecule has 0 aliphatic carbocycles. The van der Waals surface area contributed by atoms with Crippen LogP contribution in [0.2, 0.25) is 0 Å². The van der Waals surface area contributed by atoms with Gasteiger partial charge >= 0.3 is 0 Å². The van der Waals surface area contributed by atoms with E-state index in [1.807, 2.05) is 60.9 Å². The first-order valence-corrected chi connectivity index (χ1v) is 18.1. The fraction of sp³-hybridized carbons (Fsp3) is 0.243. The zero-order valence-corrected chi connectivity index (χ0v) is 29.0. The van der Waals surface area contributed by atoms with Gasteiger partial charge in [0.15, 0.2) is 6.54 Å². The monoisotopic (exact) mass is 668 g/mol. The molecule has 0 bridgehead atoms. The number of ether oxygens (including phenoxy) is 1. The number of aryl methyl sites for hydroxylation is 1. The molecule has 6 rings (SSSR count). The number of benzene rings is 3. The molecule has 236 valence electrons. The minimum Gasteiger partial charge on any atom is -0.494 e. The fourth-order valence-electron chi connectivity index (χ4n) is 5.74. The third-order valence-corrected chi connectivity index (χ3v) is 11.3. The quantitative estimate of drug-likeness (QED) is 0.175. The predicted molar refractivity (Wildman–Crippen MR) is 193 cm³/mol. The Kier molecular flexibility index (Phi) is 9.94. The van der Waals surface area contributed by atoms with E-state index in [0.717, 1.165) is 59.9 Å². The number of aromatic nitrogens is 2. The number of aliphatic hydroxyl groups is 1. The molecule has 0 radical (unpaired) electrons.